The fraction of sp³-hybridized carbons (Fsp3) is 0.0800. The number of carbonyl (C=O) groups excluding carboxylic acids is 1. The van der Waals surface area contributed by atoms with Crippen molar-refractivity contribution >= 4 is 23.2 Å². The second kappa shape index (κ2) is 8.82. The van der Waals surface area contributed by atoms with E-state index in [1.807, 2.05) is 6.07 Å². The van der Waals surface area contributed by atoms with E-state index in [2.05, 4.69) is 20.7 Å². The second-order valence-corrected chi connectivity index (χ2v) is 7.92. The number of para-hydroxylation sites is 1. The number of nitro benzene ring substituents is 1. The molecule has 174 valence electrons. The third-order valence-electron chi connectivity index (χ3n) is 5.64. The fourth-order valence-electron chi connectivity index (χ4n) is 4.03. The minimum atomic E-state index is -0.920. The number of allylic oxidation sites excluding steroid dienone is 1. The first kappa shape index (κ1) is 22.0. The number of amides is 1. The lowest BCUT2D eigenvalue weighted by Crippen LogP contribution is -2.32. The average Bonchev–Trinajstić information content (AvgIpc) is 3.28. The van der Waals surface area contributed by atoms with Gasteiger partial charge < -0.3 is 10.6 Å². The molecule has 1 unspecified atom stereocenters. The SMILES string of the molecule is CC1=C(C(=O)Nc2ccccc2)C(c2ccccc2F)n2nc(-c3cccc([N+](=O)[O-])c3)nc2N1. The summed E-state index contributed by atoms with van der Waals surface area (Å²) < 4.78 is 16.4. The van der Waals surface area contributed by atoms with E-state index in [0.717, 1.165) is 0 Å². The summed E-state index contributed by atoms with van der Waals surface area (Å²) >= 11 is 0. The van der Waals surface area contributed by atoms with E-state index in [-0.39, 0.29) is 28.6 Å². The van der Waals surface area contributed by atoms with Gasteiger partial charge in [0.2, 0.25) is 5.95 Å². The van der Waals surface area contributed by atoms with Crippen LogP contribution in [0.4, 0.5) is 21.7 Å². The Morgan fingerprint density at radius 1 is 1.09 bits per heavy atom. The smallest absolute Gasteiger partial charge is 0.270 e. The van der Waals surface area contributed by atoms with Crippen molar-refractivity contribution in [1.29, 1.82) is 0 Å². The second-order valence-electron chi connectivity index (χ2n) is 7.92. The van der Waals surface area contributed by atoms with Crippen molar-refractivity contribution in [2.75, 3.05) is 10.6 Å². The Morgan fingerprint density at radius 3 is 2.57 bits per heavy atom. The van der Waals surface area contributed by atoms with E-state index >= 15 is 4.39 Å². The molecule has 0 spiro atoms. The summed E-state index contributed by atoms with van der Waals surface area (Å²) in [4.78, 5) is 28.6. The molecule has 0 saturated heterocycles. The Morgan fingerprint density at radius 2 is 1.83 bits per heavy atom. The molecule has 1 amide bonds. The van der Waals surface area contributed by atoms with Crippen LogP contribution in [0.2, 0.25) is 0 Å². The van der Waals surface area contributed by atoms with Gasteiger partial charge in [-0.15, -0.1) is 5.10 Å². The maximum Gasteiger partial charge on any atom is 0.270 e. The molecule has 0 bridgehead atoms. The normalized spacial score (nSPS) is 14.7. The van der Waals surface area contributed by atoms with E-state index in [1.54, 1.807) is 55.5 Å². The number of anilines is 2. The number of rotatable bonds is 5. The van der Waals surface area contributed by atoms with Gasteiger partial charge >= 0.3 is 0 Å². The highest BCUT2D eigenvalue weighted by atomic mass is 19.1. The standard InChI is InChI=1S/C25H19FN6O3/c1-15-21(24(33)28-17-9-3-2-4-10-17)22(19-12-5-6-13-20(19)26)31-25(27-15)29-23(30-31)16-8-7-11-18(14-16)32(34)35/h2-14,22H,1H3,(H,28,33)(H,27,29,30). The number of fused-ring (bicyclic) bond motifs is 1. The molecule has 1 aromatic heterocycles. The maximum absolute atomic E-state index is 15.0. The van der Waals surface area contributed by atoms with Crippen LogP contribution in [-0.2, 0) is 4.79 Å². The Balaban J connectivity index is 1.62. The molecule has 0 radical (unpaired) electrons. The van der Waals surface area contributed by atoms with E-state index in [1.165, 1.54) is 28.9 Å². The van der Waals surface area contributed by atoms with Crippen LogP contribution in [-0.4, -0.2) is 25.6 Å². The van der Waals surface area contributed by atoms with E-state index < -0.39 is 22.7 Å². The highest BCUT2D eigenvalue weighted by molar-refractivity contribution is 6.06. The minimum absolute atomic E-state index is 0.105. The van der Waals surface area contributed by atoms with Crippen molar-refractivity contribution in [3.05, 3.63) is 112 Å². The molecule has 9 nitrogen and oxygen atoms in total. The van der Waals surface area contributed by atoms with Crippen LogP contribution < -0.4 is 10.6 Å². The number of halogens is 1. The molecule has 35 heavy (non-hydrogen) atoms. The van der Waals surface area contributed by atoms with Crippen LogP contribution in [0.15, 0.2) is 90.1 Å². The van der Waals surface area contributed by atoms with Crippen molar-refractivity contribution in [3.63, 3.8) is 0 Å². The number of hydrogen-bond donors (Lipinski definition) is 2. The number of hydrogen-bond acceptors (Lipinski definition) is 6. The number of aromatic nitrogens is 3. The van der Waals surface area contributed by atoms with E-state index in [4.69, 9.17) is 0 Å². The molecule has 1 aliphatic heterocycles. The predicted octanol–water partition coefficient (Wildman–Crippen LogP) is 4.92. The van der Waals surface area contributed by atoms with Gasteiger partial charge in [0.05, 0.1) is 10.5 Å². The average molecular weight is 470 g/mol. The summed E-state index contributed by atoms with van der Waals surface area (Å²) in [6.07, 6.45) is 0. The summed E-state index contributed by atoms with van der Waals surface area (Å²) in [7, 11) is 0. The fourth-order valence-corrected chi connectivity index (χ4v) is 4.03. The van der Waals surface area contributed by atoms with Crippen LogP contribution >= 0.6 is 0 Å². The molecule has 0 fully saturated rings. The first-order chi connectivity index (χ1) is 16.9. The number of benzene rings is 3. The molecule has 4 aromatic rings. The first-order valence-electron chi connectivity index (χ1n) is 10.7. The zero-order valence-electron chi connectivity index (χ0n) is 18.5. The largest absolute Gasteiger partial charge is 0.328 e. The lowest BCUT2D eigenvalue weighted by atomic mass is 9.94. The maximum atomic E-state index is 15.0. The van der Waals surface area contributed by atoms with Gasteiger partial charge in [-0.25, -0.2) is 9.07 Å². The molecule has 3 aromatic carbocycles. The molecule has 0 aliphatic carbocycles. The van der Waals surface area contributed by atoms with Crippen LogP contribution in [0, 0.1) is 15.9 Å². The Hall–Kier alpha value is -4.86. The number of non-ortho nitro benzene ring substituents is 1. The molecule has 2 heterocycles. The van der Waals surface area contributed by atoms with Crippen molar-refractivity contribution in [3.8, 4) is 11.4 Å². The first-order valence-corrected chi connectivity index (χ1v) is 10.7. The van der Waals surface area contributed by atoms with Gasteiger partial charge in [-0.3, -0.25) is 14.9 Å². The van der Waals surface area contributed by atoms with Gasteiger partial charge in [0.1, 0.15) is 11.9 Å². The summed E-state index contributed by atoms with van der Waals surface area (Å²) in [5, 5.41) is 21.7. The lowest BCUT2D eigenvalue weighted by Gasteiger charge is -2.28. The molecule has 1 atom stereocenters. The third-order valence-corrected chi connectivity index (χ3v) is 5.64. The zero-order valence-corrected chi connectivity index (χ0v) is 18.5. The molecular formula is C25H19FN6O3. The van der Waals surface area contributed by atoms with Gasteiger partial charge in [-0.05, 0) is 25.1 Å². The number of carbonyl (C=O) groups is 1. The van der Waals surface area contributed by atoms with Crippen LogP contribution in [0.3, 0.4) is 0 Å². The highest BCUT2D eigenvalue weighted by Gasteiger charge is 2.36. The number of nitrogens with zero attached hydrogens (tertiary/aromatic N) is 4. The Kier molecular flexibility index (Phi) is 5.54. The van der Waals surface area contributed by atoms with Crippen LogP contribution in [0.1, 0.15) is 18.5 Å². The summed E-state index contributed by atoms with van der Waals surface area (Å²) in [5.41, 5.74) is 1.89. The quantitative estimate of drug-likeness (QED) is 0.316. The zero-order chi connectivity index (χ0) is 24.5. The van der Waals surface area contributed by atoms with Crippen molar-refractivity contribution < 1.29 is 14.1 Å². The summed E-state index contributed by atoms with van der Waals surface area (Å²) in [6.45, 7) is 1.71. The molecule has 1 aliphatic rings. The molecule has 10 heteroatoms. The third kappa shape index (κ3) is 4.12. The predicted molar refractivity (Wildman–Crippen MR) is 128 cm³/mol. The molecule has 2 N–H and O–H groups in total. The highest BCUT2D eigenvalue weighted by Crippen LogP contribution is 2.38. The Bertz CT molecular complexity index is 1480. The molecule has 0 saturated carbocycles. The summed E-state index contributed by atoms with van der Waals surface area (Å²) in [6, 6.07) is 20.1. The lowest BCUT2D eigenvalue weighted by molar-refractivity contribution is -0.384. The van der Waals surface area contributed by atoms with Crippen molar-refractivity contribution in [2.24, 2.45) is 0 Å². The van der Waals surface area contributed by atoms with Crippen molar-refractivity contribution in [1.82, 2.24) is 14.8 Å². The van der Waals surface area contributed by atoms with Crippen molar-refractivity contribution in [2.45, 2.75) is 13.0 Å². The van der Waals surface area contributed by atoms with E-state index in [9.17, 15) is 14.9 Å². The summed E-state index contributed by atoms with van der Waals surface area (Å²) in [5.74, 6) is -0.438. The van der Waals surface area contributed by atoms with Gasteiger partial charge in [-0.2, -0.15) is 4.98 Å². The number of nitro groups is 1. The topological polar surface area (TPSA) is 115 Å². The van der Waals surface area contributed by atoms with Gasteiger partial charge in [0, 0.05) is 34.6 Å². The van der Waals surface area contributed by atoms with Gasteiger partial charge in [0.15, 0.2) is 5.82 Å². The molecule has 5 rings (SSSR count). The van der Waals surface area contributed by atoms with Crippen LogP contribution in [0.5, 0.6) is 0 Å². The van der Waals surface area contributed by atoms with Gasteiger partial charge in [-0.1, -0.05) is 48.5 Å². The van der Waals surface area contributed by atoms with E-state index in [0.29, 0.717) is 16.9 Å². The van der Waals surface area contributed by atoms with Crippen LogP contribution in [0.25, 0.3) is 11.4 Å². The van der Waals surface area contributed by atoms with Gasteiger partial charge in [0.25, 0.3) is 11.6 Å². The number of nitrogens with one attached hydrogen (secondary N) is 2. The monoisotopic (exact) mass is 470 g/mol. The minimum Gasteiger partial charge on any atom is -0.328 e. The molecular weight excluding hydrogens is 451 g/mol. The Labute approximate surface area is 199 Å².